The molecule has 0 aliphatic heterocycles. The van der Waals surface area contributed by atoms with Gasteiger partial charge >= 0.3 is 12.1 Å². The average Bonchev–Trinajstić information content (AvgIpc) is 2.66. The molecule has 0 aromatic carbocycles. The van der Waals surface area contributed by atoms with E-state index in [1.807, 2.05) is 0 Å². The van der Waals surface area contributed by atoms with E-state index in [1.165, 1.54) is 0 Å². The van der Waals surface area contributed by atoms with Crippen molar-refractivity contribution >= 4 is 12.1 Å². The summed E-state index contributed by atoms with van der Waals surface area (Å²) < 4.78 is 9.82. The van der Waals surface area contributed by atoms with Crippen molar-refractivity contribution in [1.29, 1.82) is 0 Å². The molecule has 8 heteroatoms. The predicted molar refractivity (Wildman–Crippen MR) is 61.5 cm³/mol. The molecule has 0 spiro atoms. The Hall–Kier alpha value is -2.38. The fourth-order valence-electron chi connectivity index (χ4n) is 1.03. The second kappa shape index (κ2) is 6.53. The van der Waals surface area contributed by atoms with Gasteiger partial charge in [0.25, 0.3) is 0 Å². The minimum absolute atomic E-state index is 0.101. The van der Waals surface area contributed by atoms with E-state index in [0.717, 1.165) is 12.1 Å². The molecular weight excluding hydrogens is 258 g/mol. The molecule has 1 aromatic rings. The van der Waals surface area contributed by atoms with Gasteiger partial charge in [-0.15, -0.1) is 4.73 Å². The van der Waals surface area contributed by atoms with Crippen LogP contribution in [0, 0.1) is 5.92 Å². The maximum absolute atomic E-state index is 11.2. The molecule has 0 saturated heterocycles. The molecule has 19 heavy (non-hydrogen) atoms. The van der Waals surface area contributed by atoms with Crippen molar-refractivity contribution in [2.45, 2.75) is 13.8 Å². The van der Waals surface area contributed by atoms with Crippen LogP contribution in [0.5, 0.6) is 11.8 Å². The van der Waals surface area contributed by atoms with Crippen LogP contribution < -0.4 is 4.84 Å². The Morgan fingerprint density at radius 1 is 1.16 bits per heavy atom. The third-order valence-electron chi connectivity index (χ3n) is 1.98. The van der Waals surface area contributed by atoms with Crippen molar-refractivity contribution in [2.24, 2.45) is 5.92 Å². The van der Waals surface area contributed by atoms with Crippen LogP contribution in [-0.2, 0) is 14.3 Å². The molecule has 0 fully saturated rings. The zero-order valence-corrected chi connectivity index (χ0v) is 10.5. The number of aromatic nitrogens is 1. The minimum atomic E-state index is -1.15. The van der Waals surface area contributed by atoms with Gasteiger partial charge in [-0.25, -0.2) is 4.79 Å². The van der Waals surface area contributed by atoms with Gasteiger partial charge in [-0.05, 0) is 0 Å². The number of hydrogen-bond acceptors (Lipinski definition) is 7. The van der Waals surface area contributed by atoms with E-state index in [0.29, 0.717) is 4.73 Å². The number of hydrogen-bond donors (Lipinski definition) is 2. The summed E-state index contributed by atoms with van der Waals surface area (Å²) in [6.07, 6.45) is -1.15. The lowest BCUT2D eigenvalue weighted by Crippen LogP contribution is -2.23. The van der Waals surface area contributed by atoms with Crippen molar-refractivity contribution < 1.29 is 34.1 Å². The molecule has 0 amide bonds. The average molecular weight is 273 g/mol. The van der Waals surface area contributed by atoms with Gasteiger partial charge < -0.3 is 19.7 Å². The van der Waals surface area contributed by atoms with Crippen LogP contribution in [0.15, 0.2) is 12.1 Å². The summed E-state index contributed by atoms with van der Waals surface area (Å²) >= 11 is 0. The minimum Gasteiger partial charge on any atom is -0.492 e. The van der Waals surface area contributed by atoms with Crippen molar-refractivity contribution in [1.82, 2.24) is 4.73 Å². The number of rotatable bonds is 5. The summed E-state index contributed by atoms with van der Waals surface area (Å²) in [5.41, 5.74) is 0. The Kier molecular flexibility index (Phi) is 5.04. The van der Waals surface area contributed by atoms with Crippen molar-refractivity contribution in [3.63, 3.8) is 0 Å². The van der Waals surface area contributed by atoms with Gasteiger partial charge in [-0.3, -0.25) is 9.63 Å². The van der Waals surface area contributed by atoms with Gasteiger partial charge in [0.2, 0.25) is 11.8 Å². The number of carbonyl (C=O) groups is 2. The Labute approximate surface area is 109 Å². The first kappa shape index (κ1) is 14.7. The number of carbonyl (C=O) groups excluding carboxylic acids is 2. The molecule has 106 valence electrons. The van der Waals surface area contributed by atoms with E-state index in [2.05, 4.69) is 9.57 Å². The maximum atomic E-state index is 11.2. The molecule has 1 rings (SSSR count). The molecule has 0 unspecified atom stereocenters. The van der Waals surface area contributed by atoms with Crippen LogP contribution in [0.25, 0.3) is 0 Å². The first-order valence-electron chi connectivity index (χ1n) is 5.53. The van der Waals surface area contributed by atoms with E-state index < -0.39 is 23.9 Å². The lowest BCUT2D eigenvalue weighted by molar-refractivity contribution is -0.148. The van der Waals surface area contributed by atoms with Crippen LogP contribution in [0.1, 0.15) is 13.8 Å². The lowest BCUT2D eigenvalue weighted by Gasteiger charge is -2.09. The molecular formula is C11H15NO7. The Morgan fingerprint density at radius 2 is 1.68 bits per heavy atom. The van der Waals surface area contributed by atoms with Crippen molar-refractivity contribution in [2.75, 3.05) is 13.2 Å². The second-order valence-electron chi connectivity index (χ2n) is 3.86. The number of esters is 1. The van der Waals surface area contributed by atoms with Gasteiger partial charge in [0.05, 0.1) is 5.92 Å². The van der Waals surface area contributed by atoms with E-state index >= 15 is 0 Å². The fraction of sp³-hybridized carbons (Fsp3) is 0.455. The Bertz CT molecular complexity index is 432. The van der Waals surface area contributed by atoms with Gasteiger partial charge in [-0.1, -0.05) is 13.8 Å². The molecule has 1 heterocycles. The van der Waals surface area contributed by atoms with Crippen LogP contribution in [-0.4, -0.2) is 40.3 Å². The highest BCUT2D eigenvalue weighted by Crippen LogP contribution is 2.18. The number of nitrogens with zero attached hydrogens (tertiary/aromatic N) is 1. The van der Waals surface area contributed by atoms with Crippen LogP contribution in [0.2, 0.25) is 0 Å². The highest BCUT2D eigenvalue weighted by Gasteiger charge is 2.13. The van der Waals surface area contributed by atoms with Gasteiger partial charge in [0.1, 0.15) is 13.2 Å². The smallest absolute Gasteiger partial charge is 0.492 e. The molecule has 0 saturated carbocycles. The summed E-state index contributed by atoms with van der Waals surface area (Å²) in [5, 5.41) is 18.4. The van der Waals surface area contributed by atoms with Crippen LogP contribution in [0.3, 0.4) is 0 Å². The Balaban J connectivity index is 2.28. The molecule has 1 aromatic heterocycles. The normalized spacial score (nSPS) is 10.3. The monoisotopic (exact) mass is 273 g/mol. The molecule has 0 radical (unpaired) electrons. The molecule has 0 bridgehead atoms. The van der Waals surface area contributed by atoms with E-state index in [-0.39, 0.29) is 19.1 Å². The molecule has 0 aliphatic carbocycles. The zero-order valence-electron chi connectivity index (χ0n) is 10.5. The highest BCUT2D eigenvalue weighted by atomic mass is 16.8. The van der Waals surface area contributed by atoms with Gasteiger partial charge in [0, 0.05) is 12.1 Å². The van der Waals surface area contributed by atoms with E-state index in [9.17, 15) is 19.8 Å². The fourth-order valence-corrected chi connectivity index (χ4v) is 1.03. The van der Waals surface area contributed by atoms with E-state index in [4.69, 9.17) is 4.74 Å². The van der Waals surface area contributed by atoms with E-state index in [1.54, 1.807) is 13.8 Å². The number of ether oxygens (including phenoxy) is 2. The van der Waals surface area contributed by atoms with Crippen LogP contribution in [0.4, 0.5) is 4.79 Å². The quantitative estimate of drug-likeness (QED) is 0.599. The summed E-state index contributed by atoms with van der Waals surface area (Å²) in [6.45, 7) is 3.06. The standard InChI is InChI=1S/C11H15NO7/c1-7(2)10(15)17-5-6-18-11(16)19-12-8(13)3-4-9(12)14/h3-4,7,13-14H,5-6H2,1-2H3. The largest absolute Gasteiger partial charge is 0.534 e. The highest BCUT2D eigenvalue weighted by molar-refractivity contribution is 5.71. The van der Waals surface area contributed by atoms with Crippen molar-refractivity contribution in [3.05, 3.63) is 12.1 Å². The SMILES string of the molecule is CC(C)C(=O)OCCOC(=O)On1c(O)ccc1O. The molecule has 0 aliphatic rings. The second-order valence-corrected chi connectivity index (χ2v) is 3.86. The molecule has 0 atom stereocenters. The number of aromatic hydroxyl groups is 2. The zero-order chi connectivity index (χ0) is 14.4. The molecule has 2 N–H and O–H groups in total. The predicted octanol–water partition coefficient (Wildman–Crippen LogP) is 0.664. The molecule has 8 nitrogen and oxygen atoms in total. The van der Waals surface area contributed by atoms with Crippen LogP contribution >= 0.6 is 0 Å². The summed E-state index contributed by atoms with van der Waals surface area (Å²) in [6, 6.07) is 2.26. The van der Waals surface area contributed by atoms with Gasteiger partial charge in [-0.2, -0.15) is 0 Å². The summed E-state index contributed by atoms with van der Waals surface area (Å²) in [7, 11) is 0. The summed E-state index contributed by atoms with van der Waals surface area (Å²) in [5.74, 6) is -1.58. The third kappa shape index (κ3) is 4.41. The first-order chi connectivity index (χ1) is 8.91. The topological polar surface area (TPSA) is 107 Å². The maximum Gasteiger partial charge on any atom is 0.534 e. The van der Waals surface area contributed by atoms with Crippen molar-refractivity contribution in [3.8, 4) is 11.8 Å². The lowest BCUT2D eigenvalue weighted by atomic mass is 10.2. The Morgan fingerprint density at radius 3 is 2.21 bits per heavy atom. The first-order valence-corrected chi connectivity index (χ1v) is 5.53. The van der Waals surface area contributed by atoms with Gasteiger partial charge in [0.15, 0.2) is 0 Å². The third-order valence-corrected chi connectivity index (χ3v) is 1.98. The summed E-state index contributed by atoms with van der Waals surface area (Å²) in [4.78, 5) is 26.7.